The molecular formula is C11H13NO4. The zero-order valence-electron chi connectivity index (χ0n) is 8.92. The summed E-state index contributed by atoms with van der Waals surface area (Å²) < 4.78 is 5.32. The Kier molecular flexibility index (Phi) is 2.65. The third-order valence-corrected chi connectivity index (χ3v) is 2.94. The predicted molar refractivity (Wildman–Crippen MR) is 57.2 cm³/mol. The molecule has 0 radical (unpaired) electrons. The van der Waals surface area contributed by atoms with Crippen LogP contribution in [0.25, 0.3) is 0 Å². The molecule has 1 aliphatic rings. The number of hydrogen-bond donors (Lipinski definition) is 1. The summed E-state index contributed by atoms with van der Waals surface area (Å²) in [6.45, 7) is 1.74. The van der Waals surface area contributed by atoms with E-state index < -0.39 is 10.5 Å². The van der Waals surface area contributed by atoms with Crippen molar-refractivity contribution in [2.75, 3.05) is 6.61 Å². The maximum atomic E-state index is 10.8. The van der Waals surface area contributed by atoms with Crippen LogP contribution in [-0.2, 0) is 11.2 Å². The van der Waals surface area contributed by atoms with Crippen molar-refractivity contribution in [3.05, 3.63) is 39.9 Å². The summed E-state index contributed by atoms with van der Waals surface area (Å²) in [4.78, 5) is 10.4. The second-order valence-corrected chi connectivity index (χ2v) is 4.17. The highest BCUT2D eigenvalue weighted by Gasteiger charge is 2.51. The predicted octanol–water partition coefficient (Wildman–Crippen LogP) is 1.29. The first kappa shape index (κ1) is 11.0. The van der Waals surface area contributed by atoms with E-state index in [-0.39, 0.29) is 18.4 Å². The van der Waals surface area contributed by atoms with E-state index in [2.05, 4.69) is 0 Å². The molecule has 86 valence electrons. The van der Waals surface area contributed by atoms with Gasteiger partial charge in [-0.15, -0.1) is 0 Å². The standard InChI is InChI=1S/C11H13NO4/c1-11(7-13)10(16-11)6-8-4-2-3-5-9(8)12(14)15/h2-5,10,13H,6-7H2,1H3. The number of benzene rings is 1. The molecule has 0 aliphatic carbocycles. The summed E-state index contributed by atoms with van der Waals surface area (Å²) in [6, 6.07) is 6.60. The molecule has 2 rings (SSSR count). The molecule has 1 saturated heterocycles. The zero-order valence-corrected chi connectivity index (χ0v) is 8.92. The van der Waals surface area contributed by atoms with E-state index in [1.54, 1.807) is 25.1 Å². The van der Waals surface area contributed by atoms with Gasteiger partial charge in [-0.3, -0.25) is 10.1 Å². The number of aliphatic hydroxyl groups excluding tert-OH is 1. The van der Waals surface area contributed by atoms with Gasteiger partial charge in [0.1, 0.15) is 5.60 Å². The summed E-state index contributed by atoms with van der Waals surface area (Å²) in [5.74, 6) is 0. The van der Waals surface area contributed by atoms with Crippen LogP contribution in [0.15, 0.2) is 24.3 Å². The number of para-hydroxylation sites is 1. The van der Waals surface area contributed by atoms with Crippen LogP contribution in [0.4, 0.5) is 5.69 Å². The maximum absolute atomic E-state index is 10.8. The minimum Gasteiger partial charge on any atom is -0.393 e. The van der Waals surface area contributed by atoms with Crippen LogP contribution in [0.2, 0.25) is 0 Å². The van der Waals surface area contributed by atoms with Crippen molar-refractivity contribution in [1.82, 2.24) is 0 Å². The lowest BCUT2D eigenvalue weighted by Gasteiger charge is -2.02. The number of nitrogens with zero attached hydrogens (tertiary/aromatic N) is 1. The van der Waals surface area contributed by atoms with Crippen molar-refractivity contribution in [3.63, 3.8) is 0 Å². The molecule has 0 amide bonds. The SMILES string of the molecule is CC1(CO)OC1Cc1ccccc1[N+](=O)[O-]. The van der Waals surface area contributed by atoms with Gasteiger partial charge in [0.05, 0.1) is 17.6 Å². The van der Waals surface area contributed by atoms with E-state index >= 15 is 0 Å². The number of hydrogen-bond acceptors (Lipinski definition) is 4. The van der Waals surface area contributed by atoms with Gasteiger partial charge >= 0.3 is 0 Å². The Balaban J connectivity index is 2.14. The molecule has 5 nitrogen and oxygen atoms in total. The number of ether oxygens (including phenoxy) is 1. The molecule has 0 bridgehead atoms. The van der Waals surface area contributed by atoms with Crippen LogP contribution in [0.3, 0.4) is 0 Å². The lowest BCUT2D eigenvalue weighted by Crippen LogP contribution is -2.16. The first-order chi connectivity index (χ1) is 7.57. The van der Waals surface area contributed by atoms with Gasteiger partial charge < -0.3 is 9.84 Å². The molecule has 0 aromatic heterocycles. The lowest BCUT2D eigenvalue weighted by molar-refractivity contribution is -0.385. The van der Waals surface area contributed by atoms with Crippen molar-refractivity contribution >= 4 is 5.69 Å². The Hall–Kier alpha value is -1.46. The van der Waals surface area contributed by atoms with Crippen LogP contribution in [0, 0.1) is 10.1 Å². The average Bonchev–Trinajstić information content (AvgIpc) is 2.91. The number of epoxide rings is 1. The highest BCUT2D eigenvalue weighted by molar-refractivity contribution is 5.40. The van der Waals surface area contributed by atoms with Gasteiger partial charge in [0.25, 0.3) is 5.69 Å². The molecule has 1 fully saturated rings. The smallest absolute Gasteiger partial charge is 0.272 e. The summed E-state index contributed by atoms with van der Waals surface area (Å²) in [5.41, 5.74) is 0.233. The van der Waals surface area contributed by atoms with Crippen molar-refractivity contribution < 1.29 is 14.8 Å². The van der Waals surface area contributed by atoms with Crippen LogP contribution < -0.4 is 0 Å². The van der Waals surface area contributed by atoms with Crippen LogP contribution in [-0.4, -0.2) is 28.3 Å². The molecular weight excluding hydrogens is 210 g/mol. The van der Waals surface area contributed by atoms with Gasteiger partial charge in [-0.05, 0) is 6.92 Å². The molecule has 16 heavy (non-hydrogen) atoms. The zero-order chi connectivity index (χ0) is 11.8. The fraction of sp³-hybridized carbons (Fsp3) is 0.455. The molecule has 1 aromatic rings. The van der Waals surface area contributed by atoms with Crippen molar-refractivity contribution in [2.24, 2.45) is 0 Å². The highest BCUT2D eigenvalue weighted by atomic mass is 16.6. The third kappa shape index (κ3) is 1.91. The number of aliphatic hydroxyl groups is 1. The van der Waals surface area contributed by atoms with Gasteiger partial charge in [0, 0.05) is 18.1 Å². The summed E-state index contributed by atoms with van der Waals surface area (Å²) >= 11 is 0. The van der Waals surface area contributed by atoms with E-state index in [9.17, 15) is 10.1 Å². The molecule has 2 atom stereocenters. The monoisotopic (exact) mass is 223 g/mol. The normalized spacial score (nSPS) is 27.8. The first-order valence-electron chi connectivity index (χ1n) is 5.08. The largest absolute Gasteiger partial charge is 0.393 e. The van der Waals surface area contributed by atoms with Crippen molar-refractivity contribution in [3.8, 4) is 0 Å². The minimum absolute atomic E-state index is 0.0572. The lowest BCUT2D eigenvalue weighted by atomic mass is 10.0. The van der Waals surface area contributed by atoms with Crippen LogP contribution in [0.5, 0.6) is 0 Å². The van der Waals surface area contributed by atoms with Gasteiger partial charge in [0.15, 0.2) is 0 Å². The highest BCUT2D eigenvalue weighted by Crippen LogP contribution is 2.39. The molecule has 1 aliphatic heterocycles. The van der Waals surface area contributed by atoms with E-state index in [1.165, 1.54) is 6.07 Å². The van der Waals surface area contributed by atoms with E-state index in [0.29, 0.717) is 12.0 Å². The van der Waals surface area contributed by atoms with E-state index in [4.69, 9.17) is 9.84 Å². The molecule has 1 aromatic carbocycles. The molecule has 1 heterocycles. The summed E-state index contributed by atoms with van der Waals surface area (Å²) in [5, 5.41) is 19.8. The Bertz CT molecular complexity index is 420. The molecule has 1 N–H and O–H groups in total. The number of rotatable bonds is 4. The quantitative estimate of drug-likeness (QED) is 0.474. The molecule has 2 unspecified atom stereocenters. The van der Waals surface area contributed by atoms with Crippen LogP contribution in [0.1, 0.15) is 12.5 Å². The number of nitro benzene ring substituents is 1. The van der Waals surface area contributed by atoms with Gasteiger partial charge in [-0.2, -0.15) is 0 Å². The first-order valence-corrected chi connectivity index (χ1v) is 5.08. The summed E-state index contributed by atoms with van der Waals surface area (Å²) in [6.07, 6.45) is 0.340. The Labute approximate surface area is 92.8 Å². The van der Waals surface area contributed by atoms with Crippen molar-refractivity contribution in [1.29, 1.82) is 0 Å². The van der Waals surface area contributed by atoms with Crippen molar-refractivity contribution in [2.45, 2.75) is 25.0 Å². The number of nitro groups is 1. The third-order valence-electron chi connectivity index (χ3n) is 2.94. The molecule has 0 spiro atoms. The Morgan fingerprint density at radius 2 is 2.25 bits per heavy atom. The topological polar surface area (TPSA) is 75.9 Å². The van der Waals surface area contributed by atoms with E-state index in [0.717, 1.165) is 0 Å². The minimum atomic E-state index is -0.524. The van der Waals surface area contributed by atoms with Gasteiger partial charge in [-0.1, -0.05) is 18.2 Å². The molecule has 5 heteroatoms. The Morgan fingerprint density at radius 1 is 1.56 bits per heavy atom. The second kappa shape index (κ2) is 3.84. The van der Waals surface area contributed by atoms with E-state index in [1.807, 2.05) is 0 Å². The fourth-order valence-electron chi connectivity index (χ4n) is 1.75. The van der Waals surface area contributed by atoms with Crippen LogP contribution >= 0.6 is 0 Å². The maximum Gasteiger partial charge on any atom is 0.272 e. The molecule has 0 saturated carbocycles. The summed E-state index contributed by atoms with van der Waals surface area (Å²) in [7, 11) is 0. The van der Waals surface area contributed by atoms with Gasteiger partial charge in [-0.25, -0.2) is 0 Å². The van der Waals surface area contributed by atoms with Gasteiger partial charge in [0.2, 0.25) is 0 Å². The second-order valence-electron chi connectivity index (χ2n) is 4.17. The Morgan fingerprint density at radius 3 is 2.81 bits per heavy atom. The average molecular weight is 223 g/mol. The fourth-order valence-corrected chi connectivity index (χ4v) is 1.75.